The van der Waals surface area contributed by atoms with E-state index in [4.69, 9.17) is 0 Å². The first kappa shape index (κ1) is 14.0. The van der Waals surface area contributed by atoms with Crippen LogP contribution in [0.5, 0.6) is 0 Å². The number of rotatable bonds is 2. The summed E-state index contributed by atoms with van der Waals surface area (Å²) in [6.45, 7) is 4.52. The number of fused-ring (bicyclic) bond motifs is 1. The lowest BCUT2D eigenvalue weighted by Gasteiger charge is -2.34. The molecule has 5 nitrogen and oxygen atoms in total. The summed E-state index contributed by atoms with van der Waals surface area (Å²) < 4.78 is 2.26. The smallest absolute Gasteiger partial charge is 0.276 e. The minimum absolute atomic E-state index is 0.0752. The van der Waals surface area contributed by atoms with Crippen molar-refractivity contribution in [2.75, 3.05) is 13.1 Å². The molecule has 3 heterocycles. The molecule has 0 bridgehead atoms. The van der Waals surface area contributed by atoms with Crippen LogP contribution < -0.4 is 5.56 Å². The van der Waals surface area contributed by atoms with Gasteiger partial charge in [0.1, 0.15) is 5.82 Å². The predicted octanol–water partition coefficient (Wildman–Crippen LogP) is 1.61. The quantitative estimate of drug-likeness (QED) is 0.834. The maximum Gasteiger partial charge on any atom is 0.276 e. The van der Waals surface area contributed by atoms with Gasteiger partial charge in [-0.05, 0) is 39.0 Å². The Labute approximate surface area is 130 Å². The Kier molecular flexibility index (Phi) is 3.31. The van der Waals surface area contributed by atoms with Gasteiger partial charge in [-0.2, -0.15) is 4.98 Å². The van der Waals surface area contributed by atoms with E-state index in [0.29, 0.717) is 11.8 Å². The van der Waals surface area contributed by atoms with Crippen molar-refractivity contribution in [3.63, 3.8) is 0 Å². The largest absolute Gasteiger partial charge is 0.342 e. The molecular weight excluding hydrogens is 278 g/mol. The molecule has 0 radical (unpaired) electrons. The summed E-state index contributed by atoms with van der Waals surface area (Å²) in [6.07, 6.45) is 6.19. The average Bonchev–Trinajstić information content (AvgIpc) is 3.28. The Balaban J connectivity index is 1.66. The van der Waals surface area contributed by atoms with E-state index in [1.54, 1.807) is 0 Å². The van der Waals surface area contributed by atoms with Crippen molar-refractivity contribution in [1.82, 2.24) is 14.5 Å². The van der Waals surface area contributed by atoms with Crippen LogP contribution in [0.2, 0.25) is 0 Å². The molecule has 1 atom stereocenters. The fourth-order valence-corrected chi connectivity index (χ4v) is 4.06. The van der Waals surface area contributed by atoms with Gasteiger partial charge in [0.15, 0.2) is 0 Å². The van der Waals surface area contributed by atoms with Gasteiger partial charge in [0.25, 0.3) is 5.56 Å². The molecule has 1 aromatic rings. The maximum absolute atomic E-state index is 12.4. The molecule has 1 aromatic heterocycles. The fraction of sp³-hybridized carbons (Fsp3) is 0.706. The van der Waals surface area contributed by atoms with E-state index in [1.165, 1.54) is 0 Å². The van der Waals surface area contributed by atoms with Crippen molar-refractivity contribution in [3.8, 4) is 0 Å². The summed E-state index contributed by atoms with van der Waals surface area (Å²) in [4.78, 5) is 30.8. The highest BCUT2D eigenvalue weighted by molar-refractivity contribution is 5.81. The molecule has 2 fully saturated rings. The van der Waals surface area contributed by atoms with Crippen molar-refractivity contribution in [2.45, 2.75) is 57.9 Å². The molecule has 0 aromatic carbocycles. The van der Waals surface area contributed by atoms with Crippen LogP contribution in [-0.2, 0) is 17.8 Å². The van der Waals surface area contributed by atoms with Gasteiger partial charge in [-0.1, -0.05) is 0 Å². The lowest BCUT2D eigenvalue weighted by molar-refractivity contribution is -0.133. The fourth-order valence-electron chi connectivity index (χ4n) is 4.06. The number of piperidine rings is 1. The minimum atomic E-state index is -0.0752. The maximum atomic E-state index is 12.4. The van der Waals surface area contributed by atoms with Crippen LogP contribution in [0.3, 0.4) is 0 Å². The Hall–Kier alpha value is -1.65. The summed E-state index contributed by atoms with van der Waals surface area (Å²) in [5, 5.41) is 0. The van der Waals surface area contributed by atoms with Crippen molar-refractivity contribution >= 4 is 5.91 Å². The molecule has 1 saturated heterocycles. The third-order valence-corrected chi connectivity index (χ3v) is 5.37. The molecule has 5 heteroatoms. The Bertz CT molecular complexity index is 675. The molecular formula is C17H23N3O2. The van der Waals surface area contributed by atoms with E-state index >= 15 is 0 Å². The molecule has 1 unspecified atom stereocenters. The number of nitrogens with zero attached hydrogens (tertiary/aromatic N) is 3. The second-order valence-electron chi connectivity index (χ2n) is 7.00. The van der Waals surface area contributed by atoms with Crippen molar-refractivity contribution in [1.29, 1.82) is 0 Å². The Morgan fingerprint density at radius 3 is 2.77 bits per heavy atom. The first-order valence-corrected chi connectivity index (χ1v) is 8.54. The van der Waals surface area contributed by atoms with Gasteiger partial charge in [0.2, 0.25) is 5.91 Å². The monoisotopic (exact) mass is 301 g/mol. The van der Waals surface area contributed by atoms with Crippen molar-refractivity contribution in [3.05, 3.63) is 27.4 Å². The second kappa shape index (κ2) is 5.21. The minimum Gasteiger partial charge on any atom is -0.342 e. The molecule has 0 spiro atoms. The van der Waals surface area contributed by atoms with Crippen LogP contribution >= 0.6 is 0 Å². The standard InChI is InChI=1S/C17H23N3O2/c1-11-15(20-9-3-5-14(20)18-16(11)21)13-4-2-8-19(10-13)17(22)12-6-7-12/h12-13H,2-10H2,1H3. The summed E-state index contributed by atoms with van der Waals surface area (Å²) >= 11 is 0. The molecule has 118 valence electrons. The highest BCUT2D eigenvalue weighted by Crippen LogP contribution is 2.35. The zero-order chi connectivity index (χ0) is 15.3. The number of amides is 1. The van der Waals surface area contributed by atoms with Gasteiger partial charge in [-0.25, -0.2) is 0 Å². The van der Waals surface area contributed by atoms with Crippen LogP contribution in [0.4, 0.5) is 0 Å². The van der Waals surface area contributed by atoms with Crippen LogP contribution in [-0.4, -0.2) is 33.4 Å². The number of aryl methyl sites for hydroxylation is 1. The Morgan fingerprint density at radius 2 is 2.00 bits per heavy atom. The van der Waals surface area contributed by atoms with E-state index in [1.807, 2.05) is 11.8 Å². The summed E-state index contributed by atoms with van der Waals surface area (Å²) in [5.74, 6) is 1.85. The summed E-state index contributed by atoms with van der Waals surface area (Å²) in [6, 6.07) is 0. The molecule has 1 amide bonds. The van der Waals surface area contributed by atoms with E-state index in [0.717, 1.165) is 75.2 Å². The zero-order valence-electron chi connectivity index (χ0n) is 13.2. The highest BCUT2D eigenvalue weighted by atomic mass is 16.2. The van der Waals surface area contributed by atoms with E-state index in [2.05, 4.69) is 9.55 Å². The summed E-state index contributed by atoms with van der Waals surface area (Å²) in [5.41, 5.74) is 1.87. The van der Waals surface area contributed by atoms with Gasteiger partial charge in [0, 0.05) is 49.1 Å². The summed E-state index contributed by atoms with van der Waals surface area (Å²) in [7, 11) is 0. The van der Waals surface area contributed by atoms with Gasteiger partial charge in [-0.15, -0.1) is 0 Å². The molecule has 1 saturated carbocycles. The molecule has 0 N–H and O–H groups in total. The van der Waals surface area contributed by atoms with Crippen LogP contribution in [0, 0.1) is 12.8 Å². The first-order valence-electron chi connectivity index (χ1n) is 8.54. The predicted molar refractivity (Wildman–Crippen MR) is 82.8 cm³/mol. The lowest BCUT2D eigenvalue weighted by atomic mass is 9.91. The average molecular weight is 301 g/mol. The molecule has 1 aliphatic carbocycles. The molecule has 4 rings (SSSR count). The number of aromatic nitrogens is 2. The number of carbonyl (C=O) groups is 1. The van der Waals surface area contributed by atoms with Crippen LogP contribution in [0.15, 0.2) is 4.79 Å². The van der Waals surface area contributed by atoms with Gasteiger partial charge < -0.3 is 9.47 Å². The highest BCUT2D eigenvalue weighted by Gasteiger charge is 2.36. The molecule has 2 aliphatic heterocycles. The number of hydrogen-bond acceptors (Lipinski definition) is 3. The lowest BCUT2D eigenvalue weighted by Crippen LogP contribution is -2.41. The third-order valence-electron chi connectivity index (χ3n) is 5.37. The van der Waals surface area contributed by atoms with Gasteiger partial charge >= 0.3 is 0 Å². The third kappa shape index (κ3) is 2.27. The van der Waals surface area contributed by atoms with E-state index < -0.39 is 0 Å². The second-order valence-corrected chi connectivity index (χ2v) is 7.00. The van der Waals surface area contributed by atoms with Crippen molar-refractivity contribution in [2.24, 2.45) is 5.92 Å². The molecule has 22 heavy (non-hydrogen) atoms. The van der Waals surface area contributed by atoms with Gasteiger partial charge in [-0.3, -0.25) is 9.59 Å². The van der Waals surface area contributed by atoms with Crippen LogP contribution in [0.1, 0.15) is 55.1 Å². The Morgan fingerprint density at radius 1 is 1.18 bits per heavy atom. The number of hydrogen-bond donors (Lipinski definition) is 0. The van der Waals surface area contributed by atoms with E-state index in [9.17, 15) is 9.59 Å². The van der Waals surface area contributed by atoms with Gasteiger partial charge in [0.05, 0.1) is 0 Å². The van der Waals surface area contributed by atoms with Crippen molar-refractivity contribution < 1.29 is 4.79 Å². The normalized spacial score (nSPS) is 24.4. The SMILES string of the molecule is Cc1c(C2CCCN(C(=O)C3CC3)C2)n2c(nc1=O)CCC2. The van der Waals surface area contributed by atoms with E-state index in [-0.39, 0.29) is 11.5 Å². The zero-order valence-corrected chi connectivity index (χ0v) is 13.2. The van der Waals surface area contributed by atoms with Crippen LogP contribution in [0.25, 0.3) is 0 Å². The molecule has 3 aliphatic rings. The topological polar surface area (TPSA) is 55.2 Å². The number of likely N-dealkylation sites (tertiary alicyclic amines) is 1. The first-order chi connectivity index (χ1) is 10.6. The number of carbonyl (C=O) groups excluding carboxylic acids is 1.